The largest absolute Gasteiger partial charge is 0.416 e. The van der Waals surface area contributed by atoms with Crippen molar-refractivity contribution in [1.29, 1.82) is 0 Å². The van der Waals surface area contributed by atoms with Crippen LogP contribution in [0, 0.1) is 29.6 Å². The van der Waals surface area contributed by atoms with Gasteiger partial charge in [0, 0.05) is 41.7 Å². The van der Waals surface area contributed by atoms with E-state index < -0.39 is 17.3 Å². The summed E-state index contributed by atoms with van der Waals surface area (Å²) >= 11 is 6.68. The van der Waals surface area contributed by atoms with Crippen LogP contribution >= 0.6 is 11.6 Å². The fourth-order valence-electron chi connectivity index (χ4n) is 9.42. The Labute approximate surface area is 267 Å². The minimum absolute atomic E-state index is 0.0602. The number of anilines is 1. The van der Waals surface area contributed by atoms with Crippen LogP contribution in [0.2, 0.25) is 5.02 Å². The number of nitrogens with zero attached hydrogens (tertiary/aromatic N) is 2. The summed E-state index contributed by atoms with van der Waals surface area (Å²) in [5.74, 6) is 1.36. The topological polar surface area (TPSA) is 72.9 Å². The number of carbonyl (C=O) groups is 2. The van der Waals surface area contributed by atoms with E-state index in [1.54, 1.807) is 6.07 Å². The van der Waals surface area contributed by atoms with Crippen molar-refractivity contribution in [2.24, 2.45) is 29.6 Å². The van der Waals surface area contributed by atoms with Gasteiger partial charge in [-0.1, -0.05) is 29.8 Å². The average Bonchev–Trinajstić information content (AvgIpc) is 3.33. The highest BCUT2D eigenvalue weighted by Crippen LogP contribution is 2.57. The molecule has 0 spiro atoms. The molecule has 2 aromatic rings. The number of carbonyl (C=O) groups excluding carboxylic acids is 2. The minimum Gasteiger partial charge on any atom is -0.390 e. The van der Waals surface area contributed by atoms with E-state index in [-0.39, 0.29) is 29.7 Å². The van der Waals surface area contributed by atoms with Crippen molar-refractivity contribution in [3.05, 3.63) is 64.2 Å². The van der Waals surface area contributed by atoms with Crippen molar-refractivity contribution in [3.8, 4) is 0 Å². The third kappa shape index (κ3) is 6.37. The Balaban J connectivity index is 0.894. The summed E-state index contributed by atoms with van der Waals surface area (Å²) in [5.41, 5.74) is 1.20. The summed E-state index contributed by atoms with van der Waals surface area (Å²) in [4.78, 5) is 31.0. The van der Waals surface area contributed by atoms with Gasteiger partial charge in [0.25, 0.3) is 0 Å². The Morgan fingerprint density at radius 2 is 1.67 bits per heavy atom. The van der Waals surface area contributed by atoms with Gasteiger partial charge < -0.3 is 15.3 Å². The SMILES string of the molecule is O=C(Nc1ccc(CC2CCN(C3C4CC5CC3CC(O)(C5)C4)C2=O)c(Cl)c1)C1CCN(Cc2ccc(C(F)(F)F)cc2)CC1. The number of halogens is 4. The maximum Gasteiger partial charge on any atom is 0.416 e. The number of piperidine rings is 1. The first-order valence-electron chi connectivity index (χ1n) is 16.4. The summed E-state index contributed by atoms with van der Waals surface area (Å²) in [6, 6.07) is 11.1. The lowest BCUT2D eigenvalue weighted by atomic mass is 9.52. The van der Waals surface area contributed by atoms with Gasteiger partial charge in [0.1, 0.15) is 0 Å². The lowest BCUT2D eigenvalue weighted by Crippen LogP contribution is -2.62. The Morgan fingerprint density at radius 1 is 0.978 bits per heavy atom. The lowest BCUT2D eigenvalue weighted by Gasteiger charge is -2.59. The van der Waals surface area contributed by atoms with E-state index >= 15 is 0 Å². The molecule has 6 aliphatic rings. The molecule has 4 aliphatic carbocycles. The maximum atomic E-state index is 13.6. The van der Waals surface area contributed by atoms with Crippen molar-refractivity contribution < 1.29 is 27.9 Å². The number of likely N-dealkylation sites (tertiary alicyclic amines) is 2. The normalized spacial score (nSPS) is 32.0. The molecule has 242 valence electrons. The smallest absolute Gasteiger partial charge is 0.390 e. The first-order valence-corrected chi connectivity index (χ1v) is 16.8. The van der Waals surface area contributed by atoms with E-state index in [4.69, 9.17) is 11.6 Å². The van der Waals surface area contributed by atoms with Gasteiger partial charge in [0.15, 0.2) is 0 Å². The second-order valence-corrected chi connectivity index (χ2v) is 14.9. The Hall–Kier alpha value is -2.62. The summed E-state index contributed by atoms with van der Waals surface area (Å²) in [5, 5.41) is 14.5. The molecule has 10 heteroatoms. The van der Waals surface area contributed by atoms with Gasteiger partial charge in [-0.15, -0.1) is 0 Å². The van der Waals surface area contributed by atoms with Crippen LogP contribution in [0.25, 0.3) is 0 Å². The fourth-order valence-corrected chi connectivity index (χ4v) is 9.68. The van der Waals surface area contributed by atoms with Crippen molar-refractivity contribution >= 4 is 29.1 Å². The van der Waals surface area contributed by atoms with Crippen molar-refractivity contribution in [3.63, 3.8) is 0 Å². The summed E-state index contributed by atoms with van der Waals surface area (Å²) in [6.07, 6.45) is 3.27. The monoisotopic (exact) mass is 643 g/mol. The van der Waals surface area contributed by atoms with E-state index in [9.17, 15) is 27.9 Å². The number of benzene rings is 2. The highest BCUT2D eigenvalue weighted by Gasteiger charge is 2.57. The third-order valence-corrected chi connectivity index (χ3v) is 11.7. The number of amides is 2. The molecule has 45 heavy (non-hydrogen) atoms. The van der Waals surface area contributed by atoms with Crippen molar-refractivity contribution in [2.75, 3.05) is 25.0 Å². The Kier molecular flexibility index (Phi) is 8.18. The molecule has 2 N–H and O–H groups in total. The summed E-state index contributed by atoms with van der Waals surface area (Å²) < 4.78 is 38.5. The molecule has 2 aromatic carbocycles. The zero-order chi connectivity index (χ0) is 31.5. The summed E-state index contributed by atoms with van der Waals surface area (Å²) in [7, 11) is 0. The fraction of sp³-hybridized carbons (Fsp3) is 0.600. The highest BCUT2D eigenvalue weighted by molar-refractivity contribution is 6.31. The molecular weight excluding hydrogens is 603 g/mol. The van der Waals surface area contributed by atoms with Crippen LogP contribution in [0.4, 0.5) is 18.9 Å². The molecule has 8 rings (SSSR count). The molecule has 0 radical (unpaired) electrons. The van der Waals surface area contributed by atoms with Crippen LogP contribution < -0.4 is 5.32 Å². The first-order chi connectivity index (χ1) is 21.4. The van der Waals surface area contributed by atoms with Crippen molar-refractivity contribution in [1.82, 2.24) is 9.80 Å². The van der Waals surface area contributed by atoms with E-state index in [2.05, 4.69) is 15.1 Å². The second-order valence-electron chi connectivity index (χ2n) is 14.4. The number of rotatable bonds is 7. The van der Waals surface area contributed by atoms with Crippen LogP contribution in [-0.4, -0.2) is 58.0 Å². The molecular formula is C35H41ClF3N3O3. The molecule has 2 saturated heterocycles. The maximum absolute atomic E-state index is 13.6. The van der Waals surface area contributed by atoms with Gasteiger partial charge in [-0.25, -0.2) is 0 Å². The molecule has 2 heterocycles. The molecule has 6 nitrogen and oxygen atoms in total. The molecule has 6 fully saturated rings. The predicted molar refractivity (Wildman–Crippen MR) is 165 cm³/mol. The van der Waals surface area contributed by atoms with Gasteiger partial charge in [0.2, 0.25) is 11.8 Å². The highest BCUT2D eigenvalue weighted by atomic mass is 35.5. The number of alkyl halides is 3. The molecule has 3 unspecified atom stereocenters. The quantitative estimate of drug-likeness (QED) is 0.360. The van der Waals surface area contributed by atoms with Crippen LogP contribution in [0.5, 0.6) is 0 Å². The number of aliphatic hydroxyl groups is 1. The van der Waals surface area contributed by atoms with Crippen LogP contribution in [0.3, 0.4) is 0 Å². The molecule has 3 atom stereocenters. The zero-order valence-corrected chi connectivity index (χ0v) is 26.1. The van der Waals surface area contributed by atoms with Crippen molar-refractivity contribution in [2.45, 2.75) is 82.2 Å². The second kappa shape index (κ2) is 11.9. The third-order valence-electron chi connectivity index (χ3n) is 11.3. The van der Waals surface area contributed by atoms with Gasteiger partial charge >= 0.3 is 6.18 Å². The molecule has 4 bridgehead atoms. The number of hydrogen-bond acceptors (Lipinski definition) is 4. The number of hydrogen-bond donors (Lipinski definition) is 2. The van der Waals surface area contributed by atoms with E-state index in [1.807, 2.05) is 12.1 Å². The first kappa shape index (κ1) is 31.0. The van der Waals surface area contributed by atoms with Gasteiger partial charge in [0.05, 0.1) is 11.2 Å². The molecule has 4 saturated carbocycles. The van der Waals surface area contributed by atoms with Crippen LogP contribution in [0.15, 0.2) is 42.5 Å². The Bertz CT molecular complexity index is 1430. The van der Waals surface area contributed by atoms with E-state index in [1.165, 1.54) is 12.1 Å². The summed E-state index contributed by atoms with van der Waals surface area (Å²) in [6.45, 7) is 2.71. The van der Waals surface area contributed by atoms with Gasteiger partial charge in [-0.3, -0.25) is 14.5 Å². The average molecular weight is 644 g/mol. The van der Waals surface area contributed by atoms with Crippen LogP contribution in [-0.2, 0) is 28.7 Å². The van der Waals surface area contributed by atoms with Crippen LogP contribution in [0.1, 0.15) is 68.1 Å². The molecule has 2 aliphatic heterocycles. The van der Waals surface area contributed by atoms with Gasteiger partial charge in [-0.05, 0) is 124 Å². The predicted octanol–water partition coefficient (Wildman–Crippen LogP) is 6.54. The molecule has 2 amide bonds. The van der Waals surface area contributed by atoms with E-state index in [0.717, 1.165) is 68.3 Å². The molecule has 0 aromatic heterocycles. The Morgan fingerprint density at radius 3 is 2.29 bits per heavy atom. The minimum atomic E-state index is -4.34. The standard InChI is InChI=1S/C35H41ClF3N3O3/c36-30-16-29(40-32(43)23-7-10-41(11-8-23)20-21-1-4-28(5-2-21)35(37,38)39)6-3-24(30)15-25-9-12-42(33(25)44)31-26-13-22-14-27(31)19-34(45,17-22)18-26/h1-6,16,22-23,25-27,31,45H,7-15,17-20H2,(H,40,43). The van der Waals surface area contributed by atoms with Gasteiger partial charge in [-0.2, -0.15) is 13.2 Å². The number of nitrogens with one attached hydrogen (secondary N) is 1. The van der Waals surface area contributed by atoms with E-state index in [0.29, 0.717) is 67.4 Å². The zero-order valence-electron chi connectivity index (χ0n) is 25.4. The lowest BCUT2D eigenvalue weighted by molar-refractivity contribution is -0.168.